The second kappa shape index (κ2) is 5.45. The molecule has 0 aliphatic rings. The highest BCUT2D eigenvalue weighted by Crippen LogP contribution is 2.28. The molecule has 2 heteroatoms. The van der Waals surface area contributed by atoms with Crippen LogP contribution < -0.4 is 0 Å². The van der Waals surface area contributed by atoms with Crippen LogP contribution in [0.15, 0.2) is 60.1 Å². The van der Waals surface area contributed by atoms with E-state index in [1.54, 1.807) is 11.3 Å². The van der Waals surface area contributed by atoms with Gasteiger partial charge in [-0.1, -0.05) is 69.3 Å². The van der Waals surface area contributed by atoms with Crippen molar-refractivity contribution in [2.75, 3.05) is 0 Å². The summed E-state index contributed by atoms with van der Waals surface area (Å²) in [4.78, 5) is 4.35. The molecule has 1 heterocycles. The van der Waals surface area contributed by atoms with E-state index in [4.69, 9.17) is 0 Å². The summed E-state index contributed by atoms with van der Waals surface area (Å²) in [7, 11) is 0. The molecule has 0 fully saturated rings. The molecular formula is C19H19NS. The van der Waals surface area contributed by atoms with Crippen LogP contribution in [-0.4, -0.2) is 4.98 Å². The van der Waals surface area contributed by atoms with Gasteiger partial charge in [0, 0.05) is 17.1 Å². The Hall–Kier alpha value is -1.93. The third kappa shape index (κ3) is 3.06. The fourth-order valence-corrected chi connectivity index (χ4v) is 2.98. The van der Waals surface area contributed by atoms with E-state index in [-0.39, 0.29) is 5.41 Å². The monoisotopic (exact) mass is 293 g/mol. The molecule has 0 unspecified atom stereocenters. The van der Waals surface area contributed by atoms with Gasteiger partial charge in [-0.25, -0.2) is 4.98 Å². The van der Waals surface area contributed by atoms with Gasteiger partial charge in [-0.05, 0) is 22.1 Å². The Bertz CT molecular complexity index is 702. The average molecular weight is 293 g/mol. The maximum absolute atomic E-state index is 4.35. The van der Waals surface area contributed by atoms with E-state index < -0.39 is 0 Å². The normalized spacial score (nSPS) is 11.6. The zero-order valence-corrected chi connectivity index (χ0v) is 13.4. The fourth-order valence-electron chi connectivity index (χ4n) is 2.33. The van der Waals surface area contributed by atoms with Crippen molar-refractivity contribution in [3.05, 3.63) is 65.7 Å². The van der Waals surface area contributed by atoms with E-state index in [0.29, 0.717) is 0 Å². The van der Waals surface area contributed by atoms with Crippen molar-refractivity contribution in [3.8, 4) is 21.7 Å². The van der Waals surface area contributed by atoms with Gasteiger partial charge in [0.2, 0.25) is 0 Å². The summed E-state index contributed by atoms with van der Waals surface area (Å²) in [6.07, 6.45) is 1.85. The van der Waals surface area contributed by atoms with Gasteiger partial charge in [0.05, 0.1) is 0 Å². The molecule has 106 valence electrons. The molecule has 0 radical (unpaired) electrons. The standard InChI is InChI=1S/C19H19NS/c1-19(2,3)17-10-8-15(9-11-17)14-4-6-16(7-5-14)18-20-12-13-21-18/h4-13H,1-3H3. The number of benzene rings is 2. The van der Waals surface area contributed by atoms with Crippen molar-refractivity contribution >= 4 is 11.3 Å². The third-order valence-corrected chi connectivity index (χ3v) is 4.47. The van der Waals surface area contributed by atoms with Gasteiger partial charge in [-0.2, -0.15) is 0 Å². The summed E-state index contributed by atoms with van der Waals surface area (Å²) in [6, 6.07) is 17.5. The summed E-state index contributed by atoms with van der Waals surface area (Å²) in [5.41, 5.74) is 5.25. The first-order valence-corrected chi connectivity index (χ1v) is 8.03. The maximum Gasteiger partial charge on any atom is 0.123 e. The van der Waals surface area contributed by atoms with Gasteiger partial charge in [-0.3, -0.25) is 0 Å². The molecule has 0 aliphatic heterocycles. The van der Waals surface area contributed by atoms with Crippen LogP contribution >= 0.6 is 11.3 Å². The van der Waals surface area contributed by atoms with Gasteiger partial charge in [0.25, 0.3) is 0 Å². The van der Waals surface area contributed by atoms with E-state index in [1.165, 1.54) is 22.3 Å². The van der Waals surface area contributed by atoms with Crippen molar-refractivity contribution in [1.29, 1.82) is 0 Å². The quantitative estimate of drug-likeness (QED) is 0.584. The van der Waals surface area contributed by atoms with Crippen LogP contribution in [0.1, 0.15) is 26.3 Å². The lowest BCUT2D eigenvalue weighted by molar-refractivity contribution is 0.590. The van der Waals surface area contributed by atoms with Gasteiger partial charge < -0.3 is 0 Å². The molecule has 0 saturated heterocycles. The zero-order chi connectivity index (χ0) is 14.9. The molecule has 0 bridgehead atoms. The van der Waals surface area contributed by atoms with Crippen LogP contribution in [-0.2, 0) is 5.41 Å². The first-order valence-electron chi connectivity index (χ1n) is 7.15. The first-order chi connectivity index (χ1) is 10.0. The lowest BCUT2D eigenvalue weighted by Gasteiger charge is -2.19. The highest BCUT2D eigenvalue weighted by Gasteiger charge is 2.13. The largest absolute Gasteiger partial charge is 0.245 e. The highest BCUT2D eigenvalue weighted by molar-refractivity contribution is 7.13. The van der Waals surface area contributed by atoms with Crippen LogP contribution in [0.5, 0.6) is 0 Å². The molecule has 0 spiro atoms. The minimum Gasteiger partial charge on any atom is -0.245 e. The summed E-state index contributed by atoms with van der Waals surface area (Å²) >= 11 is 1.67. The summed E-state index contributed by atoms with van der Waals surface area (Å²) in [5.74, 6) is 0. The first kappa shape index (κ1) is 14.0. The van der Waals surface area contributed by atoms with Crippen LogP contribution in [0.2, 0.25) is 0 Å². The number of rotatable bonds is 2. The lowest BCUT2D eigenvalue weighted by Crippen LogP contribution is -2.10. The SMILES string of the molecule is CC(C)(C)c1ccc(-c2ccc(-c3nccs3)cc2)cc1. The van der Waals surface area contributed by atoms with Crippen molar-refractivity contribution < 1.29 is 0 Å². The molecule has 0 saturated carbocycles. The minimum absolute atomic E-state index is 0.202. The van der Waals surface area contributed by atoms with Crippen molar-refractivity contribution in [2.45, 2.75) is 26.2 Å². The van der Waals surface area contributed by atoms with Crippen LogP contribution in [0, 0.1) is 0 Å². The highest BCUT2D eigenvalue weighted by atomic mass is 32.1. The number of hydrogen-bond donors (Lipinski definition) is 0. The van der Waals surface area contributed by atoms with E-state index in [0.717, 1.165) is 5.01 Å². The second-order valence-corrected chi connectivity index (χ2v) is 7.14. The van der Waals surface area contributed by atoms with E-state index in [2.05, 4.69) is 74.3 Å². The summed E-state index contributed by atoms with van der Waals surface area (Å²) < 4.78 is 0. The average Bonchev–Trinajstić information content (AvgIpc) is 3.01. The summed E-state index contributed by atoms with van der Waals surface area (Å²) in [6.45, 7) is 6.72. The maximum atomic E-state index is 4.35. The number of thiazole rings is 1. The molecule has 3 rings (SSSR count). The molecule has 21 heavy (non-hydrogen) atoms. The molecule has 0 atom stereocenters. The molecular weight excluding hydrogens is 274 g/mol. The molecule has 0 amide bonds. The van der Waals surface area contributed by atoms with E-state index in [1.807, 2.05) is 11.6 Å². The Kier molecular flexibility index (Phi) is 3.64. The molecule has 1 aromatic heterocycles. The third-order valence-electron chi connectivity index (χ3n) is 3.65. The van der Waals surface area contributed by atoms with E-state index in [9.17, 15) is 0 Å². The summed E-state index contributed by atoms with van der Waals surface area (Å²) in [5, 5.41) is 3.08. The number of aromatic nitrogens is 1. The van der Waals surface area contributed by atoms with Gasteiger partial charge >= 0.3 is 0 Å². The Labute approximate surface area is 130 Å². The van der Waals surface area contributed by atoms with Crippen molar-refractivity contribution in [2.24, 2.45) is 0 Å². The molecule has 1 nitrogen and oxygen atoms in total. The van der Waals surface area contributed by atoms with Crippen LogP contribution in [0.25, 0.3) is 21.7 Å². The predicted molar refractivity (Wildman–Crippen MR) is 91.7 cm³/mol. The Balaban J connectivity index is 1.87. The predicted octanol–water partition coefficient (Wildman–Crippen LogP) is 5.77. The zero-order valence-electron chi connectivity index (χ0n) is 12.6. The van der Waals surface area contributed by atoms with Gasteiger partial charge in [0.15, 0.2) is 0 Å². The Morgan fingerprint density at radius 1 is 0.762 bits per heavy atom. The van der Waals surface area contributed by atoms with Gasteiger partial charge in [0.1, 0.15) is 5.01 Å². The molecule has 3 aromatic rings. The molecule has 0 N–H and O–H groups in total. The Morgan fingerprint density at radius 2 is 1.29 bits per heavy atom. The Morgan fingerprint density at radius 3 is 1.76 bits per heavy atom. The van der Waals surface area contributed by atoms with Gasteiger partial charge in [-0.15, -0.1) is 11.3 Å². The molecule has 0 aliphatic carbocycles. The smallest absolute Gasteiger partial charge is 0.123 e. The molecule has 2 aromatic carbocycles. The van der Waals surface area contributed by atoms with E-state index >= 15 is 0 Å². The van der Waals surface area contributed by atoms with Crippen LogP contribution in [0.3, 0.4) is 0 Å². The topological polar surface area (TPSA) is 12.9 Å². The van der Waals surface area contributed by atoms with Crippen molar-refractivity contribution in [3.63, 3.8) is 0 Å². The minimum atomic E-state index is 0.202. The number of hydrogen-bond acceptors (Lipinski definition) is 2. The van der Waals surface area contributed by atoms with Crippen LogP contribution in [0.4, 0.5) is 0 Å². The lowest BCUT2D eigenvalue weighted by atomic mass is 9.86. The number of nitrogens with zero attached hydrogens (tertiary/aromatic N) is 1. The fraction of sp³-hybridized carbons (Fsp3) is 0.211. The van der Waals surface area contributed by atoms with Crippen molar-refractivity contribution in [1.82, 2.24) is 4.98 Å². The second-order valence-electron chi connectivity index (χ2n) is 6.24.